The first kappa shape index (κ1) is 19.9. The predicted molar refractivity (Wildman–Crippen MR) is 97.1 cm³/mol. The number of ether oxygens (including phenoxy) is 1. The molecule has 0 atom stereocenters. The Morgan fingerprint density at radius 2 is 1.89 bits per heavy atom. The van der Waals surface area contributed by atoms with Crippen LogP contribution in [0.15, 0.2) is 41.6 Å². The normalized spacial score (nSPS) is 15.6. The number of hydrazone groups is 1. The van der Waals surface area contributed by atoms with Crippen LogP contribution in [0, 0.1) is 0 Å². The lowest BCUT2D eigenvalue weighted by Gasteiger charge is -2.28. The van der Waals surface area contributed by atoms with Crippen LogP contribution in [0.2, 0.25) is 0 Å². The minimum Gasteiger partial charge on any atom is -0.378 e. The zero-order valence-corrected chi connectivity index (χ0v) is 15.2. The lowest BCUT2D eigenvalue weighted by molar-refractivity contribution is -0.141. The standard InChI is InChI=1S/C18H20F3N5O2/c1-13(14-2-4-15(5-3-14)25-8-10-28-11-9-25)22-23-17(27)12-26-7-6-16(24-26)18(19,20)21/h2-7H,8-12H2,1H3,(H,23,27). The van der Waals surface area contributed by atoms with Gasteiger partial charge in [-0.2, -0.15) is 23.4 Å². The number of carbonyl (C=O) groups is 1. The van der Waals surface area contributed by atoms with E-state index in [1.54, 1.807) is 6.92 Å². The zero-order valence-electron chi connectivity index (χ0n) is 15.2. The Bertz CT molecular complexity index is 840. The van der Waals surface area contributed by atoms with E-state index < -0.39 is 17.8 Å². The van der Waals surface area contributed by atoms with Crippen LogP contribution in [0.25, 0.3) is 0 Å². The van der Waals surface area contributed by atoms with E-state index in [1.807, 2.05) is 24.3 Å². The monoisotopic (exact) mass is 395 g/mol. The minimum atomic E-state index is -4.54. The van der Waals surface area contributed by atoms with Crippen molar-refractivity contribution in [3.63, 3.8) is 0 Å². The highest BCUT2D eigenvalue weighted by Gasteiger charge is 2.33. The number of hydrogen-bond acceptors (Lipinski definition) is 5. The van der Waals surface area contributed by atoms with Gasteiger partial charge in [0.2, 0.25) is 0 Å². The molecule has 1 fully saturated rings. The molecule has 1 aliphatic heterocycles. The second-order valence-electron chi connectivity index (χ2n) is 6.27. The number of aromatic nitrogens is 2. The number of morpholine rings is 1. The summed E-state index contributed by atoms with van der Waals surface area (Å²) in [6, 6.07) is 8.57. The summed E-state index contributed by atoms with van der Waals surface area (Å²) in [6.07, 6.45) is -3.44. The first-order valence-electron chi connectivity index (χ1n) is 8.70. The Kier molecular flexibility index (Phi) is 5.98. The van der Waals surface area contributed by atoms with Crippen LogP contribution in [-0.2, 0) is 22.3 Å². The van der Waals surface area contributed by atoms with Gasteiger partial charge in [0.15, 0.2) is 5.69 Å². The number of halogens is 3. The van der Waals surface area contributed by atoms with E-state index in [0.29, 0.717) is 18.9 Å². The van der Waals surface area contributed by atoms with Crippen molar-refractivity contribution in [2.45, 2.75) is 19.6 Å². The summed E-state index contributed by atoms with van der Waals surface area (Å²) in [5.41, 5.74) is 3.79. The van der Waals surface area contributed by atoms with Gasteiger partial charge in [0.05, 0.1) is 18.9 Å². The summed E-state index contributed by atoms with van der Waals surface area (Å²) in [7, 11) is 0. The second-order valence-corrected chi connectivity index (χ2v) is 6.27. The van der Waals surface area contributed by atoms with Crippen LogP contribution in [0.5, 0.6) is 0 Å². The predicted octanol–water partition coefficient (Wildman–Crippen LogP) is 2.28. The fourth-order valence-electron chi connectivity index (χ4n) is 2.73. The number of carbonyl (C=O) groups excluding carboxylic acids is 1. The molecule has 10 heteroatoms. The van der Waals surface area contributed by atoms with Gasteiger partial charge in [0.1, 0.15) is 6.54 Å². The third-order valence-corrected chi connectivity index (χ3v) is 4.25. The Labute approximate surface area is 159 Å². The molecule has 28 heavy (non-hydrogen) atoms. The van der Waals surface area contributed by atoms with Crippen molar-refractivity contribution in [3.8, 4) is 0 Å². The average Bonchev–Trinajstić information content (AvgIpc) is 3.16. The first-order chi connectivity index (χ1) is 13.3. The molecule has 150 valence electrons. The SMILES string of the molecule is CC(=NNC(=O)Cn1ccc(C(F)(F)F)n1)c1ccc(N2CCOCC2)cc1. The van der Waals surface area contributed by atoms with Crippen molar-refractivity contribution in [2.24, 2.45) is 5.10 Å². The van der Waals surface area contributed by atoms with Crippen LogP contribution in [-0.4, -0.2) is 47.7 Å². The summed E-state index contributed by atoms with van der Waals surface area (Å²) < 4.78 is 43.8. The minimum absolute atomic E-state index is 0.358. The molecule has 2 aromatic rings. The number of anilines is 1. The highest BCUT2D eigenvalue weighted by atomic mass is 19.4. The van der Waals surface area contributed by atoms with Crippen LogP contribution < -0.4 is 10.3 Å². The summed E-state index contributed by atoms with van der Waals surface area (Å²) in [5, 5.41) is 7.34. The molecule has 0 spiro atoms. The molecule has 0 unspecified atom stereocenters. The molecule has 1 N–H and O–H groups in total. The van der Waals surface area contributed by atoms with Crippen molar-refractivity contribution in [2.75, 3.05) is 31.2 Å². The number of nitrogens with one attached hydrogen (secondary N) is 1. The third-order valence-electron chi connectivity index (χ3n) is 4.25. The van der Waals surface area contributed by atoms with Gasteiger partial charge >= 0.3 is 6.18 Å². The van der Waals surface area contributed by atoms with Gasteiger partial charge in [-0.15, -0.1) is 0 Å². The van der Waals surface area contributed by atoms with Crippen LogP contribution in [0.3, 0.4) is 0 Å². The van der Waals surface area contributed by atoms with E-state index in [1.165, 1.54) is 0 Å². The molecule has 3 rings (SSSR count). The molecule has 1 saturated heterocycles. The van der Waals surface area contributed by atoms with Gasteiger partial charge in [0.25, 0.3) is 5.91 Å². The van der Waals surface area contributed by atoms with Crippen LogP contribution >= 0.6 is 0 Å². The molecule has 0 aliphatic carbocycles. The Morgan fingerprint density at radius 3 is 2.50 bits per heavy atom. The fourth-order valence-corrected chi connectivity index (χ4v) is 2.73. The van der Waals surface area contributed by atoms with Gasteiger partial charge in [0, 0.05) is 25.0 Å². The number of benzene rings is 1. The largest absolute Gasteiger partial charge is 0.435 e. The summed E-state index contributed by atoms with van der Waals surface area (Å²) in [4.78, 5) is 14.1. The Hall–Kier alpha value is -2.88. The van der Waals surface area contributed by atoms with Crippen molar-refractivity contribution >= 4 is 17.3 Å². The first-order valence-corrected chi connectivity index (χ1v) is 8.70. The quantitative estimate of drug-likeness (QED) is 0.623. The van der Waals surface area contributed by atoms with Gasteiger partial charge < -0.3 is 9.64 Å². The topological polar surface area (TPSA) is 71.8 Å². The van der Waals surface area contributed by atoms with Gasteiger partial charge in [-0.3, -0.25) is 9.48 Å². The highest BCUT2D eigenvalue weighted by molar-refractivity contribution is 5.99. The van der Waals surface area contributed by atoms with Gasteiger partial charge in [-0.25, -0.2) is 5.43 Å². The van der Waals surface area contributed by atoms with E-state index in [9.17, 15) is 18.0 Å². The van der Waals surface area contributed by atoms with Gasteiger partial charge in [-0.1, -0.05) is 12.1 Å². The molecule has 0 bridgehead atoms. The van der Waals surface area contributed by atoms with E-state index in [0.717, 1.165) is 41.3 Å². The summed E-state index contributed by atoms with van der Waals surface area (Å²) in [5.74, 6) is -0.568. The summed E-state index contributed by atoms with van der Waals surface area (Å²) >= 11 is 0. The van der Waals surface area contributed by atoms with Gasteiger partial charge in [-0.05, 0) is 30.7 Å². The number of nitrogens with zero attached hydrogens (tertiary/aromatic N) is 4. The van der Waals surface area contributed by atoms with Crippen molar-refractivity contribution in [3.05, 3.63) is 47.8 Å². The molecule has 0 radical (unpaired) electrons. The Morgan fingerprint density at radius 1 is 1.21 bits per heavy atom. The number of rotatable bonds is 5. The molecule has 1 aromatic heterocycles. The van der Waals surface area contributed by atoms with E-state index in [2.05, 4.69) is 20.5 Å². The zero-order chi connectivity index (χ0) is 20.1. The molecule has 2 heterocycles. The maximum Gasteiger partial charge on any atom is 0.435 e. The molecule has 1 aromatic carbocycles. The maximum atomic E-state index is 12.5. The Balaban J connectivity index is 1.56. The molecule has 0 saturated carbocycles. The van der Waals surface area contributed by atoms with Crippen molar-refractivity contribution in [1.29, 1.82) is 0 Å². The fraction of sp³-hybridized carbons (Fsp3) is 0.389. The molecular weight excluding hydrogens is 375 g/mol. The van der Waals surface area contributed by atoms with E-state index in [-0.39, 0.29) is 6.54 Å². The molecule has 1 aliphatic rings. The lowest BCUT2D eigenvalue weighted by Crippen LogP contribution is -2.36. The average molecular weight is 395 g/mol. The number of alkyl halides is 3. The van der Waals surface area contributed by atoms with Crippen LogP contribution in [0.4, 0.5) is 18.9 Å². The maximum absolute atomic E-state index is 12.5. The number of amides is 1. The van der Waals surface area contributed by atoms with E-state index in [4.69, 9.17) is 4.74 Å². The third kappa shape index (κ3) is 5.10. The van der Waals surface area contributed by atoms with Crippen molar-refractivity contribution in [1.82, 2.24) is 15.2 Å². The molecule has 1 amide bonds. The number of hydrogen-bond donors (Lipinski definition) is 1. The second kappa shape index (κ2) is 8.42. The molecule has 7 nitrogen and oxygen atoms in total. The van der Waals surface area contributed by atoms with E-state index >= 15 is 0 Å². The van der Waals surface area contributed by atoms with Crippen LogP contribution in [0.1, 0.15) is 18.2 Å². The highest BCUT2D eigenvalue weighted by Crippen LogP contribution is 2.27. The lowest BCUT2D eigenvalue weighted by atomic mass is 10.1. The molecular formula is C18H20F3N5O2. The smallest absolute Gasteiger partial charge is 0.378 e. The van der Waals surface area contributed by atoms with Crippen molar-refractivity contribution < 1.29 is 22.7 Å². The summed E-state index contributed by atoms with van der Waals surface area (Å²) in [6.45, 7) is 4.46.